The van der Waals surface area contributed by atoms with Crippen LogP contribution in [0.3, 0.4) is 0 Å². The highest BCUT2D eigenvalue weighted by Gasteiger charge is 2.27. The van der Waals surface area contributed by atoms with E-state index in [-0.39, 0.29) is 0 Å². The molecule has 1 heterocycles. The fourth-order valence-corrected chi connectivity index (χ4v) is 2.38. The van der Waals surface area contributed by atoms with Crippen LogP contribution in [0.25, 0.3) is 0 Å². The van der Waals surface area contributed by atoms with E-state index in [1.54, 1.807) is 0 Å². The van der Waals surface area contributed by atoms with Crippen molar-refractivity contribution in [3.8, 4) is 0 Å². The van der Waals surface area contributed by atoms with Gasteiger partial charge in [-0.1, -0.05) is 20.8 Å². The van der Waals surface area contributed by atoms with Crippen molar-refractivity contribution in [2.75, 3.05) is 26.8 Å². The van der Waals surface area contributed by atoms with Crippen LogP contribution in [0.15, 0.2) is 0 Å². The normalized spacial score (nSPS) is 34.0. The molecule has 0 saturated carbocycles. The molecule has 0 N–H and O–H groups in total. The van der Waals surface area contributed by atoms with Crippen molar-refractivity contribution in [3.05, 3.63) is 0 Å². The molecule has 2 unspecified atom stereocenters. The lowest BCUT2D eigenvalue weighted by Gasteiger charge is -2.43. The first-order valence-electron chi connectivity index (χ1n) is 5.11. The Morgan fingerprint density at radius 3 is 2.42 bits per heavy atom. The van der Waals surface area contributed by atoms with Crippen LogP contribution in [0.5, 0.6) is 0 Å². The summed E-state index contributed by atoms with van der Waals surface area (Å²) in [6, 6.07) is 0.799. The van der Waals surface area contributed by atoms with Gasteiger partial charge < -0.3 is 0 Å². The molecule has 2 heteroatoms. The van der Waals surface area contributed by atoms with Gasteiger partial charge in [0, 0.05) is 12.6 Å². The monoisotopic (exact) mass is 170 g/mol. The predicted octanol–water partition coefficient (Wildman–Crippen LogP) is 1.63. The summed E-state index contributed by atoms with van der Waals surface area (Å²) < 4.78 is 0. The maximum atomic E-state index is 2.51. The van der Waals surface area contributed by atoms with Crippen LogP contribution in [-0.2, 0) is 0 Å². The average Bonchev–Trinajstić information content (AvgIpc) is 2.03. The summed E-state index contributed by atoms with van der Waals surface area (Å²) in [4.78, 5) is 4.99. The molecule has 2 atom stereocenters. The lowest BCUT2D eigenvalue weighted by molar-refractivity contribution is 0.0230. The van der Waals surface area contributed by atoms with E-state index in [2.05, 4.69) is 37.6 Å². The van der Waals surface area contributed by atoms with Gasteiger partial charge in [0.05, 0.1) is 6.67 Å². The van der Waals surface area contributed by atoms with E-state index in [1.165, 1.54) is 19.5 Å². The Bertz CT molecular complexity index is 124. The minimum atomic E-state index is 0.799. The Hall–Kier alpha value is -0.0800. The van der Waals surface area contributed by atoms with Crippen LogP contribution < -0.4 is 0 Å². The summed E-state index contributed by atoms with van der Waals surface area (Å²) in [6.07, 6.45) is 1.29. The molecule has 1 aliphatic rings. The maximum absolute atomic E-state index is 2.51. The van der Waals surface area contributed by atoms with Crippen molar-refractivity contribution in [1.29, 1.82) is 0 Å². The van der Waals surface area contributed by atoms with E-state index in [1.807, 2.05) is 0 Å². The number of nitrogens with zero attached hydrogens (tertiary/aromatic N) is 2. The molecule has 1 fully saturated rings. The van der Waals surface area contributed by atoms with E-state index in [0.29, 0.717) is 0 Å². The average molecular weight is 170 g/mol. The lowest BCUT2D eigenvalue weighted by atomic mass is 9.96. The highest BCUT2D eigenvalue weighted by Crippen LogP contribution is 2.19. The Labute approximate surface area is 76.5 Å². The van der Waals surface area contributed by atoms with Crippen LogP contribution in [0.1, 0.15) is 27.2 Å². The van der Waals surface area contributed by atoms with Gasteiger partial charge in [-0.15, -0.1) is 0 Å². The van der Waals surface area contributed by atoms with Crippen LogP contribution in [0.4, 0.5) is 0 Å². The quantitative estimate of drug-likeness (QED) is 0.621. The number of rotatable bonds is 2. The van der Waals surface area contributed by atoms with Gasteiger partial charge in [0.15, 0.2) is 0 Å². The highest BCUT2D eigenvalue weighted by molar-refractivity contribution is 4.80. The molecule has 0 radical (unpaired) electrons. The second-order valence-electron chi connectivity index (χ2n) is 4.02. The third kappa shape index (κ3) is 1.99. The minimum absolute atomic E-state index is 0.799. The third-order valence-corrected chi connectivity index (χ3v) is 3.06. The van der Waals surface area contributed by atoms with Gasteiger partial charge >= 0.3 is 0 Å². The van der Waals surface area contributed by atoms with Crippen LogP contribution in [0, 0.1) is 5.92 Å². The summed E-state index contributed by atoms with van der Waals surface area (Å²) in [5.74, 6) is 0.827. The smallest absolute Gasteiger partial charge is 0.0506 e. The molecule has 2 nitrogen and oxygen atoms in total. The van der Waals surface area contributed by atoms with Crippen molar-refractivity contribution in [2.45, 2.75) is 33.2 Å². The largest absolute Gasteiger partial charge is 0.290 e. The summed E-state index contributed by atoms with van der Waals surface area (Å²) >= 11 is 0. The van der Waals surface area contributed by atoms with E-state index < -0.39 is 0 Å². The fraction of sp³-hybridized carbons (Fsp3) is 1.00. The molecule has 72 valence electrons. The van der Waals surface area contributed by atoms with E-state index in [0.717, 1.165) is 18.6 Å². The zero-order chi connectivity index (χ0) is 9.14. The zero-order valence-electron chi connectivity index (χ0n) is 8.88. The van der Waals surface area contributed by atoms with Crippen molar-refractivity contribution in [2.24, 2.45) is 5.92 Å². The first kappa shape index (κ1) is 10.0. The van der Waals surface area contributed by atoms with Gasteiger partial charge in [-0.3, -0.25) is 9.80 Å². The van der Waals surface area contributed by atoms with Gasteiger partial charge in [0.2, 0.25) is 0 Å². The molecular formula is C10H22N2. The topological polar surface area (TPSA) is 6.48 Å². The SMILES string of the molecule is CCC1C(C)CN(CC)CN1C. The molecule has 1 saturated heterocycles. The van der Waals surface area contributed by atoms with Crippen molar-refractivity contribution >= 4 is 0 Å². The van der Waals surface area contributed by atoms with Crippen molar-refractivity contribution in [3.63, 3.8) is 0 Å². The summed E-state index contributed by atoms with van der Waals surface area (Å²) in [6.45, 7) is 10.5. The van der Waals surface area contributed by atoms with Crippen molar-refractivity contribution in [1.82, 2.24) is 9.80 Å². The lowest BCUT2D eigenvalue weighted by Crippen LogP contribution is -2.52. The second-order valence-corrected chi connectivity index (χ2v) is 4.02. The van der Waals surface area contributed by atoms with Crippen LogP contribution >= 0.6 is 0 Å². The number of hydrogen-bond acceptors (Lipinski definition) is 2. The third-order valence-electron chi connectivity index (χ3n) is 3.06. The summed E-state index contributed by atoms with van der Waals surface area (Å²) in [5, 5.41) is 0. The first-order chi connectivity index (χ1) is 5.69. The van der Waals surface area contributed by atoms with Gasteiger partial charge in [-0.2, -0.15) is 0 Å². The Morgan fingerprint density at radius 2 is 2.00 bits per heavy atom. The minimum Gasteiger partial charge on any atom is -0.290 e. The van der Waals surface area contributed by atoms with E-state index in [4.69, 9.17) is 0 Å². The number of hydrogen-bond donors (Lipinski definition) is 0. The molecule has 1 rings (SSSR count). The molecule has 0 aliphatic carbocycles. The fourth-order valence-electron chi connectivity index (χ4n) is 2.38. The Balaban J connectivity index is 2.51. The molecular weight excluding hydrogens is 148 g/mol. The van der Waals surface area contributed by atoms with Gasteiger partial charge in [-0.25, -0.2) is 0 Å². The van der Waals surface area contributed by atoms with Gasteiger partial charge in [0.1, 0.15) is 0 Å². The molecule has 0 spiro atoms. The summed E-state index contributed by atoms with van der Waals surface area (Å²) in [5.41, 5.74) is 0. The van der Waals surface area contributed by atoms with E-state index >= 15 is 0 Å². The molecule has 12 heavy (non-hydrogen) atoms. The molecule has 0 amide bonds. The Morgan fingerprint density at radius 1 is 1.33 bits per heavy atom. The summed E-state index contributed by atoms with van der Waals surface area (Å²) in [7, 11) is 2.24. The van der Waals surface area contributed by atoms with E-state index in [9.17, 15) is 0 Å². The standard InChI is InChI=1S/C10H22N2/c1-5-10-9(3)7-12(6-2)8-11(10)4/h9-10H,5-8H2,1-4H3. The zero-order valence-corrected chi connectivity index (χ0v) is 8.88. The molecule has 1 aliphatic heterocycles. The molecule has 0 aromatic carbocycles. The molecule has 0 aromatic heterocycles. The highest BCUT2D eigenvalue weighted by atomic mass is 15.3. The molecule has 0 bridgehead atoms. The maximum Gasteiger partial charge on any atom is 0.0506 e. The predicted molar refractivity (Wildman–Crippen MR) is 53.1 cm³/mol. The molecule has 0 aromatic rings. The van der Waals surface area contributed by atoms with Gasteiger partial charge in [-0.05, 0) is 25.9 Å². The van der Waals surface area contributed by atoms with Gasteiger partial charge in [0.25, 0.3) is 0 Å². The second kappa shape index (κ2) is 4.24. The van der Waals surface area contributed by atoms with Crippen molar-refractivity contribution < 1.29 is 0 Å². The van der Waals surface area contributed by atoms with Crippen LogP contribution in [0.2, 0.25) is 0 Å². The Kier molecular flexibility index (Phi) is 3.53. The first-order valence-corrected chi connectivity index (χ1v) is 5.11. The van der Waals surface area contributed by atoms with Crippen LogP contribution in [-0.4, -0.2) is 42.6 Å².